The van der Waals surface area contributed by atoms with Crippen molar-refractivity contribution in [2.75, 3.05) is 13.1 Å². The van der Waals surface area contributed by atoms with Gasteiger partial charge in [0, 0.05) is 0 Å². The lowest BCUT2D eigenvalue weighted by Crippen LogP contribution is -2.27. The van der Waals surface area contributed by atoms with Crippen LogP contribution in [-0.4, -0.2) is 13.1 Å². The van der Waals surface area contributed by atoms with Gasteiger partial charge in [-0.1, -0.05) is 51.0 Å². The topological polar surface area (TPSA) is 12.0 Å². The van der Waals surface area contributed by atoms with E-state index >= 15 is 0 Å². The van der Waals surface area contributed by atoms with Crippen molar-refractivity contribution in [2.24, 2.45) is 11.8 Å². The van der Waals surface area contributed by atoms with Crippen LogP contribution in [0.5, 0.6) is 0 Å². The Hall–Kier alpha value is -0.820. The molecule has 0 aliphatic rings. The second-order valence-corrected chi connectivity index (χ2v) is 6.34. The number of hydrogen-bond donors (Lipinski definition) is 1. The Morgan fingerprint density at radius 3 is 2.47 bits per heavy atom. The first-order valence-corrected chi connectivity index (χ1v) is 7.79. The number of benzene rings is 1. The molecule has 0 radical (unpaired) electrons. The molecule has 0 saturated carbocycles. The number of rotatable bonds is 8. The van der Waals surface area contributed by atoms with Crippen molar-refractivity contribution >= 4 is 0 Å². The molecule has 0 saturated heterocycles. The van der Waals surface area contributed by atoms with Crippen molar-refractivity contribution in [3.05, 3.63) is 34.9 Å². The van der Waals surface area contributed by atoms with Crippen molar-refractivity contribution in [3.8, 4) is 0 Å². The summed E-state index contributed by atoms with van der Waals surface area (Å²) in [5.41, 5.74) is 4.35. The average Bonchev–Trinajstić information content (AvgIpc) is 2.33. The summed E-state index contributed by atoms with van der Waals surface area (Å²) < 4.78 is 0. The third-order valence-electron chi connectivity index (χ3n) is 3.70. The lowest BCUT2D eigenvalue weighted by molar-refractivity contribution is 0.420. The molecule has 108 valence electrons. The molecule has 1 unspecified atom stereocenters. The van der Waals surface area contributed by atoms with Gasteiger partial charge in [-0.15, -0.1) is 0 Å². The molecule has 0 heterocycles. The van der Waals surface area contributed by atoms with Crippen LogP contribution < -0.4 is 5.32 Å². The number of aryl methyl sites for hydroxylation is 2. The van der Waals surface area contributed by atoms with E-state index in [1.807, 2.05) is 0 Å². The highest BCUT2D eigenvalue weighted by atomic mass is 14.9. The predicted molar refractivity (Wildman–Crippen MR) is 85.7 cm³/mol. The lowest BCUT2D eigenvalue weighted by Gasteiger charge is -2.19. The monoisotopic (exact) mass is 261 g/mol. The largest absolute Gasteiger partial charge is 0.316 e. The summed E-state index contributed by atoms with van der Waals surface area (Å²) in [7, 11) is 0. The molecule has 1 nitrogen and oxygen atoms in total. The van der Waals surface area contributed by atoms with Gasteiger partial charge in [-0.05, 0) is 62.7 Å². The molecule has 1 aromatic carbocycles. The maximum absolute atomic E-state index is 3.62. The van der Waals surface area contributed by atoms with Crippen LogP contribution in [-0.2, 0) is 6.42 Å². The molecule has 0 aliphatic heterocycles. The molecule has 0 bridgehead atoms. The highest BCUT2D eigenvalue weighted by molar-refractivity contribution is 5.30. The Kier molecular flexibility index (Phi) is 7.15. The van der Waals surface area contributed by atoms with Crippen LogP contribution in [0, 0.1) is 25.7 Å². The quantitative estimate of drug-likeness (QED) is 0.726. The van der Waals surface area contributed by atoms with Crippen LogP contribution in [0.1, 0.15) is 50.3 Å². The first kappa shape index (κ1) is 16.2. The van der Waals surface area contributed by atoms with Crippen molar-refractivity contribution in [1.29, 1.82) is 0 Å². The maximum Gasteiger partial charge on any atom is -0.00172 e. The Labute approximate surface area is 119 Å². The fourth-order valence-corrected chi connectivity index (χ4v) is 2.59. The van der Waals surface area contributed by atoms with Gasteiger partial charge in [0.1, 0.15) is 0 Å². The van der Waals surface area contributed by atoms with Gasteiger partial charge in [0.05, 0.1) is 0 Å². The minimum Gasteiger partial charge on any atom is -0.316 e. The average molecular weight is 261 g/mol. The van der Waals surface area contributed by atoms with Gasteiger partial charge in [0.25, 0.3) is 0 Å². The smallest absolute Gasteiger partial charge is 0.00172 e. The summed E-state index contributed by atoms with van der Waals surface area (Å²) in [6, 6.07) is 6.83. The predicted octanol–water partition coefficient (Wildman–Crippen LogP) is 4.51. The van der Waals surface area contributed by atoms with Gasteiger partial charge < -0.3 is 5.32 Å². The molecule has 19 heavy (non-hydrogen) atoms. The van der Waals surface area contributed by atoms with Gasteiger partial charge in [0.15, 0.2) is 0 Å². The van der Waals surface area contributed by atoms with Crippen LogP contribution in [0.4, 0.5) is 0 Å². The first-order valence-electron chi connectivity index (χ1n) is 7.79. The van der Waals surface area contributed by atoms with E-state index in [1.165, 1.54) is 36.0 Å². The molecular formula is C18H31N. The summed E-state index contributed by atoms with van der Waals surface area (Å²) >= 11 is 0. The second-order valence-electron chi connectivity index (χ2n) is 6.34. The summed E-state index contributed by atoms with van der Waals surface area (Å²) in [6.45, 7) is 13.5. The van der Waals surface area contributed by atoms with Crippen molar-refractivity contribution in [1.82, 2.24) is 5.32 Å². The number of nitrogens with one attached hydrogen (secondary N) is 1. The molecule has 0 aliphatic carbocycles. The molecular weight excluding hydrogens is 230 g/mol. The molecule has 1 N–H and O–H groups in total. The third kappa shape index (κ3) is 6.24. The van der Waals surface area contributed by atoms with E-state index < -0.39 is 0 Å². The van der Waals surface area contributed by atoms with E-state index in [2.05, 4.69) is 58.1 Å². The Balaban J connectivity index is 2.58. The van der Waals surface area contributed by atoms with Crippen LogP contribution in [0.15, 0.2) is 18.2 Å². The normalized spacial score (nSPS) is 12.9. The van der Waals surface area contributed by atoms with Crippen LogP contribution in [0.2, 0.25) is 0 Å². The van der Waals surface area contributed by atoms with Crippen LogP contribution in [0.25, 0.3) is 0 Å². The molecule has 0 aromatic heterocycles. The molecule has 1 atom stereocenters. The second kappa shape index (κ2) is 8.37. The van der Waals surface area contributed by atoms with Crippen molar-refractivity contribution in [2.45, 2.75) is 53.9 Å². The molecule has 0 spiro atoms. The zero-order valence-corrected chi connectivity index (χ0v) is 13.4. The summed E-state index contributed by atoms with van der Waals surface area (Å²) in [5, 5.41) is 3.62. The van der Waals surface area contributed by atoms with Crippen molar-refractivity contribution in [3.63, 3.8) is 0 Å². The number of hydrogen-bond acceptors (Lipinski definition) is 1. The molecule has 1 heteroatoms. The maximum atomic E-state index is 3.62. The van der Waals surface area contributed by atoms with E-state index in [0.29, 0.717) is 0 Å². The minimum absolute atomic E-state index is 0.739. The van der Waals surface area contributed by atoms with Gasteiger partial charge in [-0.2, -0.15) is 0 Å². The van der Waals surface area contributed by atoms with Gasteiger partial charge >= 0.3 is 0 Å². The standard InChI is InChI=1S/C18H31N/c1-6-7-17(13-19-12-14(2)3)11-18-10-15(4)8-9-16(18)5/h8-10,14,17,19H,6-7,11-13H2,1-5H3. The van der Waals surface area contributed by atoms with Gasteiger partial charge in [-0.3, -0.25) is 0 Å². The fraction of sp³-hybridized carbons (Fsp3) is 0.667. The Morgan fingerprint density at radius 2 is 1.84 bits per heavy atom. The SMILES string of the molecule is CCCC(CNCC(C)C)Cc1cc(C)ccc1C. The fourth-order valence-electron chi connectivity index (χ4n) is 2.59. The van der Waals surface area contributed by atoms with Gasteiger partial charge in [-0.25, -0.2) is 0 Å². The lowest BCUT2D eigenvalue weighted by atomic mass is 9.91. The summed E-state index contributed by atoms with van der Waals surface area (Å²) in [6.07, 6.45) is 3.81. The van der Waals surface area contributed by atoms with E-state index in [-0.39, 0.29) is 0 Å². The molecule has 0 fully saturated rings. The van der Waals surface area contributed by atoms with Crippen molar-refractivity contribution < 1.29 is 0 Å². The van der Waals surface area contributed by atoms with Gasteiger partial charge in [0.2, 0.25) is 0 Å². The minimum atomic E-state index is 0.739. The highest BCUT2D eigenvalue weighted by Gasteiger charge is 2.10. The Bertz CT molecular complexity index is 368. The van der Waals surface area contributed by atoms with Crippen LogP contribution >= 0.6 is 0 Å². The first-order chi connectivity index (χ1) is 9.02. The molecule has 0 amide bonds. The van der Waals surface area contributed by atoms with E-state index in [4.69, 9.17) is 0 Å². The summed E-state index contributed by atoms with van der Waals surface area (Å²) in [4.78, 5) is 0. The zero-order chi connectivity index (χ0) is 14.3. The third-order valence-corrected chi connectivity index (χ3v) is 3.70. The highest BCUT2D eigenvalue weighted by Crippen LogP contribution is 2.18. The Morgan fingerprint density at radius 1 is 1.11 bits per heavy atom. The van der Waals surface area contributed by atoms with E-state index in [1.54, 1.807) is 0 Å². The molecule has 1 rings (SSSR count). The summed E-state index contributed by atoms with van der Waals surface area (Å²) in [5.74, 6) is 1.51. The molecule has 1 aromatic rings. The van der Waals surface area contributed by atoms with E-state index in [9.17, 15) is 0 Å². The van der Waals surface area contributed by atoms with Crippen LogP contribution in [0.3, 0.4) is 0 Å². The van der Waals surface area contributed by atoms with E-state index in [0.717, 1.165) is 24.9 Å². The zero-order valence-electron chi connectivity index (χ0n) is 13.4.